The van der Waals surface area contributed by atoms with Crippen molar-refractivity contribution in [3.05, 3.63) is 48.3 Å². The number of hydrogen-bond acceptors (Lipinski definition) is 4. The van der Waals surface area contributed by atoms with Crippen LogP contribution in [0.25, 0.3) is 32.6 Å². The molecular weight excluding hydrogens is 404 g/mol. The molecule has 0 fully saturated rings. The third-order valence-corrected chi connectivity index (χ3v) is 5.33. The molecule has 0 spiro atoms. The minimum absolute atomic E-state index is 0.173. The van der Waals surface area contributed by atoms with E-state index in [2.05, 4.69) is 32.6 Å². The third kappa shape index (κ3) is 4.10. The quantitative estimate of drug-likeness (QED) is 0.473. The van der Waals surface area contributed by atoms with E-state index in [1.54, 1.807) is 13.1 Å². The van der Waals surface area contributed by atoms with Crippen LogP contribution in [0.5, 0.6) is 5.75 Å². The van der Waals surface area contributed by atoms with Gasteiger partial charge < -0.3 is 19.4 Å². The zero-order valence-electron chi connectivity index (χ0n) is 17.5. The fraction of sp³-hybridized carbons (Fsp3) is 0.304. The lowest BCUT2D eigenvalue weighted by molar-refractivity contribution is 0.0471. The van der Waals surface area contributed by atoms with Crippen molar-refractivity contribution in [3.63, 3.8) is 0 Å². The molecule has 2 heterocycles. The number of nitrogens with zero attached hydrogens (tertiary/aromatic N) is 2. The Kier molecular flexibility index (Phi) is 5.63. The van der Waals surface area contributed by atoms with Crippen LogP contribution in [-0.4, -0.2) is 41.3 Å². The van der Waals surface area contributed by atoms with Crippen molar-refractivity contribution in [3.8, 4) is 5.75 Å². The molecule has 4 aromatic rings. The maximum atomic E-state index is 12.1. The average molecular weight is 427 g/mol. The molecule has 1 N–H and O–H groups in total. The lowest BCUT2D eigenvalue weighted by atomic mass is 10.0. The molecule has 0 bridgehead atoms. The number of fused-ring (bicyclic) bond motifs is 4. The van der Waals surface area contributed by atoms with Gasteiger partial charge in [-0.05, 0) is 55.1 Å². The summed E-state index contributed by atoms with van der Waals surface area (Å²) in [6, 6.07) is 9.60. The van der Waals surface area contributed by atoms with Crippen LogP contribution in [-0.2, 0) is 11.8 Å². The van der Waals surface area contributed by atoms with E-state index in [0.717, 1.165) is 27.2 Å². The highest BCUT2D eigenvalue weighted by atomic mass is 19.3. The lowest BCUT2D eigenvalue weighted by Gasteiger charge is -2.15. The second-order valence-corrected chi connectivity index (χ2v) is 7.58. The number of hydrogen-bond donors (Lipinski definition) is 1. The highest BCUT2D eigenvalue weighted by Gasteiger charge is 2.15. The second-order valence-electron chi connectivity index (χ2n) is 7.58. The van der Waals surface area contributed by atoms with Crippen LogP contribution in [0.15, 0.2) is 42.7 Å². The summed E-state index contributed by atoms with van der Waals surface area (Å²) in [7, 11) is 2.04. The summed E-state index contributed by atoms with van der Waals surface area (Å²) in [5.41, 5.74) is 3.43. The van der Waals surface area contributed by atoms with E-state index in [-0.39, 0.29) is 6.61 Å². The van der Waals surface area contributed by atoms with Crippen molar-refractivity contribution >= 4 is 38.7 Å². The van der Waals surface area contributed by atoms with Crippen LogP contribution < -0.4 is 10.1 Å². The Labute approximate surface area is 177 Å². The summed E-state index contributed by atoms with van der Waals surface area (Å²) in [6.45, 7) is 3.07. The highest BCUT2D eigenvalue weighted by molar-refractivity contribution is 6.14. The van der Waals surface area contributed by atoms with Gasteiger partial charge in [0, 0.05) is 41.1 Å². The Hall–Kier alpha value is -3.42. The van der Waals surface area contributed by atoms with Crippen molar-refractivity contribution in [2.24, 2.45) is 7.05 Å². The number of carbonyl (C=O) groups excluding carboxylic acids is 1. The highest BCUT2D eigenvalue weighted by Crippen LogP contribution is 2.36. The Morgan fingerprint density at radius 1 is 1.16 bits per heavy atom. The van der Waals surface area contributed by atoms with Crippen molar-refractivity contribution in [1.29, 1.82) is 0 Å². The fourth-order valence-electron chi connectivity index (χ4n) is 3.93. The SMILES string of the molecule is Cc1c2ccncc2cc2c3cc(OC[C@H](C)NC(=O)OCC(F)F)ccc3n(C)c12. The van der Waals surface area contributed by atoms with Gasteiger partial charge in [0.15, 0.2) is 6.61 Å². The molecule has 0 unspecified atom stereocenters. The van der Waals surface area contributed by atoms with Crippen LogP contribution in [0.1, 0.15) is 12.5 Å². The molecule has 162 valence electrons. The Bertz CT molecular complexity index is 1270. The maximum absolute atomic E-state index is 12.1. The van der Waals surface area contributed by atoms with Crippen molar-refractivity contribution in [2.45, 2.75) is 26.3 Å². The number of ether oxygens (including phenoxy) is 2. The molecule has 31 heavy (non-hydrogen) atoms. The molecule has 0 aliphatic heterocycles. The van der Waals surface area contributed by atoms with Gasteiger partial charge >= 0.3 is 6.09 Å². The van der Waals surface area contributed by atoms with E-state index in [1.807, 2.05) is 37.5 Å². The van der Waals surface area contributed by atoms with E-state index in [9.17, 15) is 13.6 Å². The topological polar surface area (TPSA) is 65.4 Å². The largest absolute Gasteiger partial charge is 0.491 e. The molecule has 1 atom stereocenters. The van der Waals surface area contributed by atoms with Crippen LogP contribution in [0.3, 0.4) is 0 Å². The fourth-order valence-corrected chi connectivity index (χ4v) is 3.93. The molecule has 1 amide bonds. The molecule has 0 aliphatic rings. The number of pyridine rings is 1. The van der Waals surface area contributed by atoms with Crippen molar-refractivity contribution in [1.82, 2.24) is 14.9 Å². The summed E-state index contributed by atoms with van der Waals surface area (Å²) >= 11 is 0. The van der Waals surface area contributed by atoms with Crippen LogP contribution in [0.2, 0.25) is 0 Å². The third-order valence-electron chi connectivity index (χ3n) is 5.33. The molecular formula is C23H23F2N3O3. The monoisotopic (exact) mass is 427 g/mol. The first-order chi connectivity index (χ1) is 14.8. The van der Waals surface area contributed by atoms with Crippen LogP contribution in [0.4, 0.5) is 13.6 Å². The Balaban J connectivity index is 1.58. The minimum atomic E-state index is -2.69. The normalized spacial score (nSPS) is 12.6. The maximum Gasteiger partial charge on any atom is 0.407 e. The van der Waals surface area contributed by atoms with Gasteiger partial charge in [0.25, 0.3) is 6.43 Å². The molecule has 0 saturated heterocycles. The number of halogens is 2. The minimum Gasteiger partial charge on any atom is -0.491 e. The molecule has 2 aromatic heterocycles. The number of benzene rings is 2. The molecule has 4 rings (SSSR count). The number of aryl methyl sites for hydroxylation is 2. The van der Waals surface area contributed by atoms with E-state index in [4.69, 9.17) is 4.74 Å². The number of alkyl carbamates (subject to hydrolysis) is 1. The standard InChI is InChI=1S/C23H23F2N3O3/c1-13(27-23(29)31-12-21(24)25)11-30-16-4-5-20-18(9-16)19-8-15-10-26-7-6-17(15)14(2)22(19)28(20)3/h4-10,13,21H,11-12H2,1-3H3,(H,27,29)/t13-/m0/s1. The molecule has 0 aliphatic carbocycles. The van der Waals surface area contributed by atoms with Gasteiger partial charge in [0.05, 0.1) is 11.6 Å². The van der Waals surface area contributed by atoms with Crippen molar-refractivity contribution in [2.75, 3.05) is 13.2 Å². The molecule has 0 radical (unpaired) electrons. The Morgan fingerprint density at radius 3 is 2.74 bits per heavy atom. The number of rotatable bonds is 6. The zero-order chi connectivity index (χ0) is 22.1. The first kappa shape index (κ1) is 20.8. The lowest BCUT2D eigenvalue weighted by Crippen LogP contribution is -2.37. The number of carbonyl (C=O) groups is 1. The second kappa shape index (κ2) is 8.37. The van der Waals surface area contributed by atoms with Gasteiger partial charge in [0.1, 0.15) is 12.4 Å². The van der Waals surface area contributed by atoms with Gasteiger partial charge in [-0.1, -0.05) is 0 Å². The Morgan fingerprint density at radius 2 is 1.97 bits per heavy atom. The van der Waals surface area contributed by atoms with Gasteiger partial charge in [-0.25, -0.2) is 13.6 Å². The van der Waals surface area contributed by atoms with Crippen LogP contribution in [0, 0.1) is 6.92 Å². The van der Waals surface area contributed by atoms with Gasteiger partial charge in [-0.15, -0.1) is 0 Å². The summed E-state index contributed by atoms with van der Waals surface area (Å²) in [5.74, 6) is 0.651. The number of amides is 1. The van der Waals surface area contributed by atoms with E-state index < -0.39 is 25.2 Å². The number of nitrogens with one attached hydrogen (secondary N) is 1. The molecule has 6 nitrogen and oxygen atoms in total. The van der Waals surface area contributed by atoms with Gasteiger partial charge in [-0.2, -0.15) is 0 Å². The smallest absolute Gasteiger partial charge is 0.407 e. The first-order valence-corrected chi connectivity index (χ1v) is 9.95. The summed E-state index contributed by atoms with van der Waals surface area (Å²) in [6.07, 6.45) is 0.0773. The molecule has 8 heteroatoms. The molecule has 0 saturated carbocycles. The summed E-state index contributed by atoms with van der Waals surface area (Å²) < 4.78 is 36.7. The predicted octanol–water partition coefficient (Wildman–Crippen LogP) is 4.95. The predicted molar refractivity (Wildman–Crippen MR) is 116 cm³/mol. The summed E-state index contributed by atoms with van der Waals surface area (Å²) in [4.78, 5) is 15.7. The number of aromatic nitrogens is 2. The summed E-state index contributed by atoms with van der Waals surface area (Å²) in [5, 5.41) is 6.89. The van der Waals surface area contributed by atoms with Crippen LogP contribution >= 0.6 is 0 Å². The zero-order valence-corrected chi connectivity index (χ0v) is 17.5. The van der Waals surface area contributed by atoms with E-state index in [0.29, 0.717) is 5.75 Å². The van der Waals surface area contributed by atoms with E-state index in [1.165, 1.54) is 10.9 Å². The van der Waals surface area contributed by atoms with Gasteiger partial charge in [-0.3, -0.25) is 4.98 Å². The van der Waals surface area contributed by atoms with E-state index >= 15 is 0 Å². The number of alkyl halides is 2. The first-order valence-electron chi connectivity index (χ1n) is 9.95. The average Bonchev–Trinajstić information content (AvgIpc) is 3.02. The molecule has 2 aromatic carbocycles. The van der Waals surface area contributed by atoms with Gasteiger partial charge in [0.2, 0.25) is 0 Å². The van der Waals surface area contributed by atoms with Crippen molar-refractivity contribution < 1.29 is 23.0 Å².